The number of hydrogen-bond acceptors (Lipinski definition) is 4. The van der Waals surface area contributed by atoms with E-state index >= 15 is 0 Å². The van der Waals surface area contributed by atoms with Gasteiger partial charge in [0.15, 0.2) is 0 Å². The number of benzene rings is 3. The second kappa shape index (κ2) is 9.63. The van der Waals surface area contributed by atoms with Gasteiger partial charge < -0.3 is 10.1 Å². The number of aryl methyl sites for hydroxylation is 3. The Morgan fingerprint density at radius 3 is 2.22 bits per heavy atom. The van der Waals surface area contributed by atoms with E-state index in [1.54, 1.807) is 49.4 Å². The summed E-state index contributed by atoms with van der Waals surface area (Å²) in [4.78, 5) is 12.9. The Bertz CT molecular complexity index is 1240. The van der Waals surface area contributed by atoms with Crippen LogP contribution in [0.15, 0.2) is 65.6 Å². The number of carbonyl (C=O) groups is 1. The molecule has 168 valence electrons. The predicted octanol–water partition coefficient (Wildman–Crippen LogP) is 5.11. The van der Waals surface area contributed by atoms with E-state index in [1.165, 1.54) is 13.2 Å². The lowest BCUT2D eigenvalue weighted by atomic mass is 10.1. The first kappa shape index (κ1) is 23.6. The maximum absolute atomic E-state index is 13.7. The Balaban J connectivity index is 2.02. The molecule has 0 fully saturated rings. The van der Waals surface area contributed by atoms with Crippen molar-refractivity contribution in [3.8, 4) is 5.75 Å². The molecule has 3 rings (SSSR count). The van der Waals surface area contributed by atoms with Gasteiger partial charge in [0, 0.05) is 10.7 Å². The van der Waals surface area contributed by atoms with Crippen LogP contribution in [-0.4, -0.2) is 28.0 Å². The summed E-state index contributed by atoms with van der Waals surface area (Å²) in [6.07, 6.45) is 0. The summed E-state index contributed by atoms with van der Waals surface area (Å²) in [5, 5.41) is 3.27. The first-order valence-electron chi connectivity index (χ1n) is 9.92. The summed E-state index contributed by atoms with van der Waals surface area (Å²) >= 11 is 5.99. The maximum atomic E-state index is 13.7. The number of anilines is 2. The highest BCUT2D eigenvalue weighted by Crippen LogP contribution is 2.31. The minimum atomic E-state index is -4.13. The van der Waals surface area contributed by atoms with Gasteiger partial charge in [0.05, 0.1) is 12.8 Å². The van der Waals surface area contributed by atoms with Gasteiger partial charge in [-0.1, -0.05) is 35.4 Å². The van der Waals surface area contributed by atoms with Crippen molar-refractivity contribution in [2.24, 2.45) is 0 Å². The Morgan fingerprint density at radius 2 is 1.59 bits per heavy atom. The van der Waals surface area contributed by atoms with Gasteiger partial charge in [0.1, 0.15) is 17.2 Å². The van der Waals surface area contributed by atoms with Crippen LogP contribution in [-0.2, 0) is 14.8 Å². The molecular weight excluding hydrogens is 448 g/mol. The molecule has 0 aliphatic rings. The fourth-order valence-electron chi connectivity index (χ4n) is 3.30. The average molecular weight is 473 g/mol. The third-order valence-electron chi connectivity index (χ3n) is 4.94. The van der Waals surface area contributed by atoms with Crippen molar-refractivity contribution in [1.82, 2.24) is 0 Å². The lowest BCUT2D eigenvalue weighted by Gasteiger charge is -2.25. The van der Waals surface area contributed by atoms with Crippen LogP contribution in [0.25, 0.3) is 0 Å². The van der Waals surface area contributed by atoms with E-state index in [-0.39, 0.29) is 10.6 Å². The first-order valence-corrected chi connectivity index (χ1v) is 11.7. The van der Waals surface area contributed by atoms with Crippen molar-refractivity contribution in [2.45, 2.75) is 25.7 Å². The van der Waals surface area contributed by atoms with Crippen molar-refractivity contribution in [1.29, 1.82) is 0 Å². The zero-order valence-electron chi connectivity index (χ0n) is 18.3. The molecule has 1 amide bonds. The molecule has 0 aromatic heterocycles. The van der Waals surface area contributed by atoms with Gasteiger partial charge in [-0.3, -0.25) is 9.10 Å². The molecule has 1 N–H and O–H groups in total. The number of rotatable bonds is 7. The van der Waals surface area contributed by atoms with Crippen LogP contribution in [0, 0.1) is 20.8 Å². The zero-order chi connectivity index (χ0) is 23.5. The lowest BCUT2D eigenvalue weighted by molar-refractivity contribution is -0.114. The van der Waals surface area contributed by atoms with Gasteiger partial charge in [-0.05, 0) is 74.4 Å². The first-order chi connectivity index (χ1) is 15.1. The molecule has 0 saturated carbocycles. The molecule has 0 bridgehead atoms. The molecular formula is C24H25ClN2O4S. The van der Waals surface area contributed by atoms with Crippen LogP contribution < -0.4 is 14.4 Å². The predicted molar refractivity (Wildman–Crippen MR) is 128 cm³/mol. The van der Waals surface area contributed by atoms with Crippen molar-refractivity contribution in [3.05, 3.63) is 82.4 Å². The quantitative estimate of drug-likeness (QED) is 0.518. The zero-order valence-corrected chi connectivity index (χ0v) is 19.9. The fourth-order valence-corrected chi connectivity index (χ4v) is 5.09. The second-order valence-corrected chi connectivity index (χ2v) is 9.78. The van der Waals surface area contributed by atoms with Gasteiger partial charge in [-0.2, -0.15) is 0 Å². The summed E-state index contributed by atoms with van der Waals surface area (Å²) in [5.41, 5.74) is 3.65. The molecule has 0 unspecified atom stereocenters. The molecule has 0 atom stereocenters. The number of nitrogens with zero attached hydrogens (tertiary/aromatic N) is 1. The highest BCUT2D eigenvalue weighted by molar-refractivity contribution is 7.93. The second-order valence-electron chi connectivity index (χ2n) is 7.51. The molecule has 0 aliphatic heterocycles. The molecule has 0 spiro atoms. The number of methoxy groups -OCH3 is 1. The van der Waals surface area contributed by atoms with Crippen LogP contribution in [0.3, 0.4) is 0 Å². The largest absolute Gasteiger partial charge is 0.495 e. The van der Waals surface area contributed by atoms with Crippen molar-refractivity contribution < 1.29 is 17.9 Å². The standard InChI is InChI=1S/C24H25ClN2O4S/c1-16-5-11-21(18(3)13-16)26-24(28)15-27(20-9-7-19(25)8-10-20)32(29,30)23-14-17(2)6-12-22(23)31-4/h5-14H,15H2,1-4H3,(H,26,28). The summed E-state index contributed by atoms with van der Waals surface area (Å²) in [6.45, 7) is 5.21. The topological polar surface area (TPSA) is 75.7 Å². The fraction of sp³-hybridized carbons (Fsp3) is 0.208. The summed E-state index contributed by atoms with van der Waals surface area (Å²) < 4.78 is 33.7. The van der Waals surface area contributed by atoms with E-state index < -0.39 is 22.5 Å². The summed E-state index contributed by atoms with van der Waals surface area (Å²) in [5.74, 6) is -0.272. The minimum Gasteiger partial charge on any atom is -0.495 e. The molecule has 3 aromatic rings. The van der Waals surface area contributed by atoms with Crippen LogP contribution in [0.2, 0.25) is 5.02 Å². The van der Waals surface area contributed by atoms with Crippen molar-refractivity contribution in [2.75, 3.05) is 23.3 Å². The molecule has 0 heterocycles. The maximum Gasteiger partial charge on any atom is 0.268 e. The highest BCUT2D eigenvalue weighted by atomic mass is 35.5. The molecule has 0 radical (unpaired) electrons. The molecule has 8 heteroatoms. The third kappa shape index (κ3) is 5.23. The molecule has 6 nitrogen and oxygen atoms in total. The number of amides is 1. The number of sulfonamides is 1. The smallest absolute Gasteiger partial charge is 0.268 e. The number of nitrogens with one attached hydrogen (secondary N) is 1. The van der Waals surface area contributed by atoms with Gasteiger partial charge in [-0.15, -0.1) is 0 Å². The van der Waals surface area contributed by atoms with Gasteiger partial charge in [-0.25, -0.2) is 8.42 Å². The monoisotopic (exact) mass is 472 g/mol. The molecule has 3 aromatic carbocycles. The van der Waals surface area contributed by atoms with Crippen LogP contribution in [0.1, 0.15) is 16.7 Å². The SMILES string of the molecule is COc1ccc(C)cc1S(=O)(=O)N(CC(=O)Nc1ccc(C)cc1C)c1ccc(Cl)cc1. The number of halogens is 1. The van der Waals surface area contributed by atoms with Crippen LogP contribution in [0.5, 0.6) is 5.75 Å². The summed E-state index contributed by atoms with van der Waals surface area (Å²) in [7, 11) is -2.73. The molecule has 0 aliphatic carbocycles. The summed E-state index contributed by atoms with van der Waals surface area (Å²) in [6, 6.07) is 16.8. The highest BCUT2D eigenvalue weighted by Gasteiger charge is 2.30. The normalized spacial score (nSPS) is 11.2. The van der Waals surface area contributed by atoms with E-state index in [0.29, 0.717) is 16.4 Å². The van der Waals surface area contributed by atoms with Gasteiger partial charge >= 0.3 is 0 Å². The van der Waals surface area contributed by atoms with E-state index in [4.69, 9.17) is 16.3 Å². The Morgan fingerprint density at radius 1 is 0.969 bits per heavy atom. The van der Waals surface area contributed by atoms with E-state index in [0.717, 1.165) is 21.0 Å². The Kier molecular flexibility index (Phi) is 7.11. The van der Waals surface area contributed by atoms with Crippen LogP contribution >= 0.6 is 11.6 Å². The van der Waals surface area contributed by atoms with Crippen LogP contribution in [0.4, 0.5) is 11.4 Å². The van der Waals surface area contributed by atoms with E-state index in [9.17, 15) is 13.2 Å². The number of ether oxygens (including phenoxy) is 1. The third-order valence-corrected chi connectivity index (χ3v) is 6.99. The Hall–Kier alpha value is -3.03. The minimum absolute atomic E-state index is 0.0192. The number of carbonyl (C=O) groups excluding carboxylic acids is 1. The van der Waals surface area contributed by atoms with Crippen molar-refractivity contribution >= 4 is 38.9 Å². The number of hydrogen-bond donors (Lipinski definition) is 1. The molecule has 0 saturated heterocycles. The molecule has 32 heavy (non-hydrogen) atoms. The lowest BCUT2D eigenvalue weighted by Crippen LogP contribution is -2.38. The van der Waals surface area contributed by atoms with Crippen molar-refractivity contribution in [3.63, 3.8) is 0 Å². The van der Waals surface area contributed by atoms with Gasteiger partial charge in [0.2, 0.25) is 5.91 Å². The Labute approximate surface area is 193 Å². The van der Waals surface area contributed by atoms with Gasteiger partial charge in [0.25, 0.3) is 10.0 Å². The van der Waals surface area contributed by atoms with E-state index in [2.05, 4.69) is 5.32 Å². The van der Waals surface area contributed by atoms with E-state index in [1.807, 2.05) is 26.0 Å². The average Bonchev–Trinajstić information content (AvgIpc) is 2.74.